The molecule has 0 aliphatic heterocycles. The highest BCUT2D eigenvalue weighted by molar-refractivity contribution is 5.85. The van der Waals surface area contributed by atoms with Gasteiger partial charge in [0.1, 0.15) is 5.75 Å². The minimum atomic E-state index is -0.348. The van der Waals surface area contributed by atoms with Gasteiger partial charge in [-0.1, -0.05) is 18.2 Å². The lowest BCUT2D eigenvalue weighted by Crippen LogP contribution is -2.16. The third-order valence-corrected chi connectivity index (χ3v) is 3.11. The largest absolute Gasteiger partial charge is 0.497 e. The van der Waals surface area contributed by atoms with Crippen molar-refractivity contribution < 1.29 is 14.3 Å². The van der Waals surface area contributed by atoms with Crippen molar-refractivity contribution in [1.82, 2.24) is 0 Å². The summed E-state index contributed by atoms with van der Waals surface area (Å²) < 4.78 is 9.81. The van der Waals surface area contributed by atoms with E-state index in [1.54, 1.807) is 7.11 Å². The van der Waals surface area contributed by atoms with E-state index in [2.05, 4.69) is 4.74 Å². The maximum Gasteiger partial charge on any atom is 0.307 e. The Morgan fingerprint density at radius 1 is 1.15 bits per heavy atom. The Hall–Kier alpha value is -1.78. The van der Waals surface area contributed by atoms with Gasteiger partial charge in [0.25, 0.3) is 0 Å². The molecule has 0 spiro atoms. The molecule has 2 rings (SSSR count). The Morgan fingerprint density at radius 3 is 2.45 bits per heavy atom. The van der Waals surface area contributed by atoms with Gasteiger partial charge < -0.3 is 15.2 Å². The summed E-state index contributed by atoms with van der Waals surface area (Å²) in [7, 11) is 3.00. The first-order valence-corrected chi connectivity index (χ1v) is 6.04. The minimum absolute atomic E-state index is 0. The van der Waals surface area contributed by atoms with Gasteiger partial charge in [-0.25, -0.2) is 0 Å². The van der Waals surface area contributed by atoms with Crippen LogP contribution in [0.3, 0.4) is 0 Å². The topological polar surface area (TPSA) is 61.5 Å². The highest BCUT2D eigenvalue weighted by Crippen LogP contribution is 2.24. The third-order valence-electron chi connectivity index (χ3n) is 3.11. The molecular weight excluding hydrogens is 278 g/mol. The number of carbonyl (C=O) groups is 1. The van der Waals surface area contributed by atoms with Crippen molar-refractivity contribution in [3.63, 3.8) is 0 Å². The average molecular weight is 296 g/mol. The molecule has 1 atom stereocenters. The van der Waals surface area contributed by atoms with E-state index in [9.17, 15) is 4.79 Å². The zero-order valence-corrected chi connectivity index (χ0v) is 12.3. The van der Waals surface area contributed by atoms with Crippen molar-refractivity contribution in [3.8, 4) is 5.75 Å². The van der Waals surface area contributed by atoms with Crippen LogP contribution >= 0.6 is 12.4 Å². The number of fused-ring (bicyclic) bond motifs is 1. The molecule has 0 amide bonds. The summed E-state index contributed by atoms with van der Waals surface area (Å²) in [4.78, 5) is 11.2. The van der Waals surface area contributed by atoms with Crippen molar-refractivity contribution in [1.29, 1.82) is 0 Å². The Balaban J connectivity index is 0.00000200. The lowest BCUT2D eigenvalue weighted by Gasteiger charge is -2.12. The molecular formula is C15H18ClNO3. The fraction of sp³-hybridized carbons (Fsp3) is 0.267. The van der Waals surface area contributed by atoms with Gasteiger partial charge in [-0.05, 0) is 34.5 Å². The molecule has 0 radical (unpaired) electrons. The van der Waals surface area contributed by atoms with Crippen molar-refractivity contribution in [2.45, 2.75) is 12.5 Å². The maximum atomic E-state index is 11.2. The summed E-state index contributed by atoms with van der Waals surface area (Å²) in [5, 5.41) is 2.15. The summed E-state index contributed by atoms with van der Waals surface area (Å²) in [6.07, 6.45) is 0.179. The van der Waals surface area contributed by atoms with Crippen molar-refractivity contribution in [2.24, 2.45) is 5.73 Å². The van der Waals surface area contributed by atoms with Crippen LogP contribution < -0.4 is 10.5 Å². The molecule has 0 saturated heterocycles. The number of rotatable bonds is 4. The maximum absolute atomic E-state index is 11.2. The minimum Gasteiger partial charge on any atom is -0.497 e. The number of methoxy groups -OCH3 is 2. The van der Waals surface area contributed by atoms with Crippen molar-refractivity contribution >= 4 is 29.1 Å². The number of esters is 1. The van der Waals surface area contributed by atoms with Gasteiger partial charge in [-0.15, -0.1) is 12.4 Å². The second kappa shape index (κ2) is 7.12. The van der Waals surface area contributed by atoms with Crippen LogP contribution in [0, 0.1) is 0 Å². The lowest BCUT2D eigenvalue weighted by atomic mass is 10.0. The van der Waals surface area contributed by atoms with Crippen LogP contribution in [0.5, 0.6) is 5.75 Å². The second-order valence-electron chi connectivity index (χ2n) is 4.36. The number of ether oxygens (including phenoxy) is 2. The first kappa shape index (κ1) is 16.3. The van der Waals surface area contributed by atoms with E-state index in [1.165, 1.54) is 7.11 Å². The first-order chi connectivity index (χ1) is 9.13. The highest BCUT2D eigenvalue weighted by atomic mass is 35.5. The van der Waals surface area contributed by atoms with Crippen LogP contribution in [0.4, 0.5) is 0 Å². The molecule has 0 saturated carbocycles. The van der Waals surface area contributed by atoms with E-state index >= 15 is 0 Å². The van der Waals surface area contributed by atoms with Crippen LogP contribution in [0.25, 0.3) is 10.8 Å². The predicted molar refractivity (Wildman–Crippen MR) is 81.3 cm³/mol. The van der Waals surface area contributed by atoms with Gasteiger partial charge in [0, 0.05) is 6.04 Å². The van der Waals surface area contributed by atoms with E-state index in [-0.39, 0.29) is 30.8 Å². The molecule has 0 aliphatic carbocycles. The quantitative estimate of drug-likeness (QED) is 0.881. The molecule has 0 aliphatic rings. The van der Waals surface area contributed by atoms with E-state index < -0.39 is 0 Å². The molecule has 0 heterocycles. The third kappa shape index (κ3) is 3.62. The molecule has 2 aromatic rings. The van der Waals surface area contributed by atoms with Crippen LogP contribution in [0.2, 0.25) is 0 Å². The monoisotopic (exact) mass is 295 g/mol. The zero-order chi connectivity index (χ0) is 13.8. The second-order valence-corrected chi connectivity index (χ2v) is 4.36. The number of benzene rings is 2. The molecule has 2 N–H and O–H groups in total. The summed E-state index contributed by atoms with van der Waals surface area (Å²) in [6.45, 7) is 0. The molecule has 4 nitrogen and oxygen atoms in total. The van der Waals surface area contributed by atoms with Crippen LogP contribution in [0.15, 0.2) is 36.4 Å². The molecule has 2 aromatic carbocycles. The molecule has 20 heavy (non-hydrogen) atoms. The Labute approximate surface area is 124 Å². The van der Waals surface area contributed by atoms with Gasteiger partial charge in [0.15, 0.2) is 0 Å². The average Bonchev–Trinajstić information content (AvgIpc) is 2.45. The zero-order valence-electron chi connectivity index (χ0n) is 11.5. The lowest BCUT2D eigenvalue weighted by molar-refractivity contribution is -0.141. The molecule has 0 bridgehead atoms. The van der Waals surface area contributed by atoms with E-state index in [0.717, 1.165) is 22.1 Å². The Kier molecular flexibility index (Phi) is 5.80. The normalized spacial score (nSPS) is 11.6. The SMILES string of the molecule is COC(=O)C[C@@H](N)c1ccc2cc(OC)ccc2c1.Cl. The van der Waals surface area contributed by atoms with Gasteiger partial charge in [0.2, 0.25) is 0 Å². The number of halogens is 1. The fourth-order valence-corrected chi connectivity index (χ4v) is 1.98. The molecule has 0 unspecified atom stereocenters. The van der Waals surface area contributed by atoms with Crippen LogP contribution in [-0.4, -0.2) is 20.2 Å². The summed E-state index contributed by atoms with van der Waals surface area (Å²) in [6, 6.07) is 11.4. The van der Waals surface area contributed by atoms with Gasteiger partial charge in [-0.2, -0.15) is 0 Å². The molecule has 0 aromatic heterocycles. The highest BCUT2D eigenvalue weighted by Gasteiger charge is 2.12. The van der Waals surface area contributed by atoms with E-state index in [1.807, 2.05) is 36.4 Å². The molecule has 5 heteroatoms. The predicted octanol–water partition coefficient (Wildman–Crippen LogP) is 2.83. The van der Waals surface area contributed by atoms with Gasteiger partial charge in [-0.3, -0.25) is 4.79 Å². The molecule has 108 valence electrons. The fourth-order valence-electron chi connectivity index (χ4n) is 1.98. The Morgan fingerprint density at radius 2 is 1.80 bits per heavy atom. The Bertz CT molecular complexity index is 601. The van der Waals surface area contributed by atoms with Gasteiger partial charge >= 0.3 is 5.97 Å². The van der Waals surface area contributed by atoms with Crippen LogP contribution in [-0.2, 0) is 9.53 Å². The van der Waals surface area contributed by atoms with E-state index in [0.29, 0.717) is 0 Å². The molecule has 0 fully saturated rings. The smallest absolute Gasteiger partial charge is 0.307 e. The summed E-state index contributed by atoms with van der Waals surface area (Å²) >= 11 is 0. The number of nitrogens with two attached hydrogens (primary N) is 1. The van der Waals surface area contributed by atoms with Crippen molar-refractivity contribution in [3.05, 3.63) is 42.0 Å². The van der Waals surface area contributed by atoms with E-state index in [4.69, 9.17) is 10.5 Å². The van der Waals surface area contributed by atoms with Crippen LogP contribution in [0.1, 0.15) is 18.0 Å². The summed E-state index contributed by atoms with van der Waals surface area (Å²) in [5.74, 6) is 0.515. The number of carbonyl (C=O) groups excluding carboxylic acids is 1. The summed E-state index contributed by atoms with van der Waals surface area (Å²) in [5.41, 5.74) is 6.91. The first-order valence-electron chi connectivity index (χ1n) is 6.04. The number of hydrogen-bond donors (Lipinski definition) is 1. The van der Waals surface area contributed by atoms with Crippen molar-refractivity contribution in [2.75, 3.05) is 14.2 Å². The standard InChI is InChI=1S/C15H17NO3.ClH/c1-18-13-6-5-10-7-12(4-3-11(10)8-13)14(16)9-15(17)19-2;/h3-8,14H,9,16H2,1-2H3;1H/t14-;/m1./s1. The number of hydrogen-bond acceptors (Lipinski definition) is 4. The van der Waals surface area contributed by atoms with Gasteiger partial charge in [0.05, 0.1) is 20.6 Å².